The molecule has 0 radical (unpaired) electrons. The van der Waals surface area contributed by atoms with Gasteiger partial charge in [-0.3, -0.25) is 10.1 Å². The van der Waals surface area contributed by atoms with E-state index < -0.39 is 10.0 Å². The van der Waals surface area contributed by atoms with Crippen LogP contribution in [0.15, 0.2) is 29.3 Å². The van der Waals surface area contributed by atoms with Gasteiger partial charge in [-0.15, -0.1) is 0 Å². The van der Waals surface area contributed by atoms with E-state index in [0.717, 1.165) is 0 Å². The second kappa shape index (κ2) is 5.10. The Morgan fingerprint density at radius 1 is 1.32 bits per heavy atom. The Morgan fingerprint density at radius 3 is 2.58 bits per heavy atom. The minimum Gasteiger partial charge on any atom is -0.281 e. The molecule has 1 N–H and O–H groups in total. The molecular formula is C12H16N4O2S. The number of aryl methyl sites for hydroxylation is 2. The van der Waals surface area contributed by atoms with Crippen LogP contribution in [-0.2, 0) is 16.6 Å². The molecule has 0 saturated heterocycles. The summed E-state index contributed by atoms with van der Waals surface area (Å²) in [6, 6.07) is 5.42. The van der Waals surface area contributed by atoms with Crippen molar-refractivity contribution in [2.24, 2.45) is 0 Å². The van der Waals surface area contributed by atoms with Gasteiger partial charge in [0.15, 0.2) is 0 Å². The molecule has 0 aliphatic carbocycles. The lowest BCUT2D eigenvalue weighted by molar-refractivity contribution is 0.461. The topological polar surface area (TPSA) is 79.0 Å². The molecule has 0 fully saturated rings. The predicted octanol–water partition coefficient (Wildman–Crippen LogP) is 1.24. The molecule has 0 bridgehead atoms. The van der Waals surface area contributed by atoms with Gasteiger partial charge in [0.1, 0.15) is 4.90 Å². The van der Waals surface area contributed by atoms with Crippen molar-refractivity contribution in [2.75, 3.05) is 7.05 Å². The van der Waals surface area contributed by atoms with E-state index in [1.54, 1.807) is 32.2 Å². The minimum atomic E-state index is -3.56. The Labute approximate surface area is 112 Å². The van der Waals surface area contributed by atoms with Crippen LogP contribution in [0.5, 0.6) is 0 Å². The molecule has 0 unspecified atom stereocenters. The van der Waals surface area contributed by atoms with E-state index in [2.05, 4.69) is 15.2 Å². The van der Waals surface area contributed by atoms with Crippen LogP contribution in [0.4, 0.5) is 0 Å². The fraction of sp³-hybridized carbons (Fsp3) is 0.333. The Hall–Kier alpha value is -1.73. The highest BCUT2D eigenvalue weighted by molar-refractivity contribution is 7.89. The first-order chi connectivity index (χ1) is 8.93. The Kier molecular flexibility index (Phi) is 3.68. The molecule has 0 saturated carbocycles. The van der Waals surface area contributed by atoms with Crippen molar-refractivity contribution >= 4 is 10.0 Å². The minimum absolute atomic E-state index is 0.229. The molecule has 0 aromatic carbocycles. The predicted molar refractivity (Wildman–Crippen MR) is 71.0 cm³/mol. The van der Waals surface area contributed by atoms with Gasteiger partial charge in [0.2, 0.25) is 10.0 Å². The van der Waals surface area contributed by atoms with Gasteiger partial charge in [-0.1, -0.05) is 6.07 Å². The lowest BCUT2D eigenvalue weighted by atomic mass is 10.3. The van der Waals surface area contributed by atoms with E-state index in [1.807, 2.05) is 6.07 Å². The average Bonchev–Trinajstić information content (AvgIpc) is 2.70. The number of hydrogen-bond donors (Lipinski definition) is 1. The number of H-pyrrole nitrogens is 1. The van der Waals surface area contributed by atoms with E-state index in [9.17, 15) is 8.42 Å². The summed E-state index contributed by atoms with van der Waals surface area (Å²) in [6.07, 6.45) is 1.64. The van der Waals surface area contributed by atoms with Crippen LogP contribution in [0.2, 0.25) is 0 Å². The zero-order chi connectivity index (χ0) is 14.0. The first-order valence-electron chi connectivity index (χ1n) is 5.80. The van der Waals surface area contributed by atoms with E-state index in [-0.39, 0.29) is 11.4 Å². The van der Waals surface area contributed by atoms with Crippen molar-refractivity contribution in [2.45, 2.75) is 25.3 Å². The third-order valence-corrected chi connectivity index (χ3v) is 4.91. The summed E-state index contributed by atoms with van der Waals surface area (Å²) >= 11 is 0. The summed E-state index contributed by atoms with van der Waals surface area (Å²) in [6.45, 7) is 3.60. The standard InChI is InChI=1S/C12H16N4O2S/c1-9-12(10(2)15-14-9)19(17,18)16(3)8-11-6-4-5-7-13-11/h4-7H,8H2,1-3H3,(H,14,15). The molecule has 0 atom stereocenters. The van der Waals surface area contributed by atoms with Crippen LogP contribution >= 0.6 is 0 Å². The number of rotatable bonds is 4. The Balaban J connectivity index is 2.30. The quantitative estimate of drug-likeness (QED) is 0.914. The molecule has 2 aromatic heterocycles. The van der Waals surface area contributed by atoms with E-state index >= 15 is 0 Å². The number of aromatic amines is 1. The molecule has 2 rings (SSSR count). The molecule has 0 aliphatic heterocycles. The molecule has 0 aliphatic rings. The number of hydrogen-bond acceptors (Lipinski definition) is 4. The third kappa shape index (κ3) is 2.66. The van der Waals surface area contributed by atoms with Gasteiger partial charge in [-0.05, 0) is 26.0 Å². The average molecular weight is 280 g/mol. The van der Waals surface area contributed by atoms with Crippen LogP contribution in [0.25, 0.3) is 0 Å². The molecule has 7 heteroatoms. The molecule has 6 nitrogen and oxygen atoms in total. The fourth-order valence-electron chi connectivity index (χ4n) is 1.88. The highest BCUT2D eigenvalue weighted by Gasteiger charge is 2.27. The van der Waals surface area contributed by atoms with Gasteiger partial charge >= 0.3 is 0 Å². The normalized spacial score (nSPS) is 12.0. The van der Waals surface area contributed by atoms with Crippen molar-refractivity contribution in [3.05, 3.63) is 41.5 Å². The summed E-state index contributed by atoms with van der Waals surface area (Å²) in [5.74, 6) is 0. The maximum absolute atomic E-state index is 12.5. The summed E-state index contributed by atoms with van der Waals surface area (Å²) in [5.41, 5.74) is 1.73. The zero-order valence-corrected chi connectivity index (χ0v) is 11.9. The third-order valence-electron chi connectivity index (χ3n) is 2.84. The summed E-state index contributed by atoms with van der Waals surface area (Å²) in [7, 11) is -2.02. The van der Waals surface area contributed by atoms with Crippen molar-refractivity contribution in [3.8, 4) is 0 Å². The van der Waals surface area contributed by atoms with Crippen LogP contribution in [0.3, 0.4) is 0 Å². The van der Waals surface area contributed by atoms with E-state index in [1.165, 1.54) is 11.4 Å². The first-order valence-corrected chi connectivity index (χ1v) is 7.24. The molecule has 2 heterocycles. The summed E-state index contributed by atoms with van der Waals surface area (Å²) in [5, 5.41) is 6.62. The SMILES string of the molecule is Cc1n[nH]c(C)c1S(=O)(=O)N(C)Cc1ccccn1. The second-order valence-corrected chi connectivity index (χ2v) is 6.33. The molecule has 102 valence electrons. The monoisotopic (exact) mass is 280 g/mol. The number of aromatic nitrogens is 3. The van der Waals surface area contributed by atoms with Gasteiger partial charge < -0.3 is 0 Å². The van der Waals surface area contributed by atoms with Crippen molar-refractivity contribution in [1.82, 2.24) is 19.5 Å². The van der Waals surface area contributed by atoms with E-state index in [0.29, 0.717) is 17.1 Å². The van der Waals surface area contributed by atoms with Gasteiger partial charge in [0.05, 0.1) is 23.6 Å². The maximum atomic E-state index is 12.5. The number of sulfonamides is 1. The maximum Gasteiger partial charge on any atom is 0.246 e. The lowest BCUT2D eigenvalue weighted by Gasteiger charge is -2.16. The number of pyridine rings is 1. The van der Waals surface area contributed by atoms with Gasteiger partial charge in [-0.25, -0.2) is 8.42 Å². The van der Waals surface area contributed by atoms with Crippen molar-refractivity contribution in [1.29, 1.82) is 0 Å². The molecule has 0 spiro atoms. The molecule has 19 heavy (non-hydrogen) atoms. The molecule has 2 aromatic rings. The second-order valence-electron chi connectivity index (χ2n) is 4.35. The number of nitrogens with zero attached hydrogens (tertiary/aromatic N) is 3. The molecular weight excluding hydrogens is 264 g/mol. The lowest BCUT2D eigenvalue weighted by Crippen LogP contribution is -2.27. The molecule has 0 amide bonds. The van der Waals surface area contributed by atoms with Gasteiger partial charge in [0, 0.05) is 13.2 Å². The first kappa shape index (κ1) is 13.7. The van der Waals surface area contributed by atoms with Crippen LogP contribution in [0, 0.1) is 13.8 Å². The smallest absolute Gasteiger partial charge is 0.246 e. The highest BCUT2D eigenvalue weighted by atomic mass is 32.2. The Morgan fingerprint density at radius 2 is 2.05 bits per heavy atom. The summed E-state index contributed by atoms with van der Waals surface area (Å²) < 4.78 is 26.2. The van der Waals surface area contributed by atoms with Gasteiger partial charge in [-0.2, -0.15) is 9.40 Å². The largest absolute Gasteiger partial charge is 0.281 e. The number of nitrogens with one attached hydrogen (secondary N) is 1. The van der Waals surface area contributed by atoms with Crippen LogP contribution < -0.4 is 0 Å². The van der Waals surface area contributed by atoms with Gasteiger partial charge in [0.25, 0.3) is 0 Å². The summed E-state index contributed by atoms with van der Waals surface area (Å²) in [4.78, 5) is 4.37. The van der Waals surface area contributed by atoms with Crippen molar-refractivity contribution < 1.29 is 8.42 Å². The van der Waals surface area contributed by atoms with Crippen LogP contribution in [-0.4, -0.2) is 35.0 Å². The fourth-order valence-corrected chi connectivity index (χ4v) is 3.35. The zero-order valence-electron chi connectivity index (χ0n) is 11.1. The van der Waals surface area contributed by atoms with Crippen LogP contribution in [0.1, 0.15) is 17.1 Å². The van der Waals surface area contributed by atoms with Crippen molar-refractivity contribution in [3.63, 3.8) is 0 Å². The Bertz CT molecular complexity index is 645. The van der Waals surface area contributed by atoms with E-state index in [4.69, 9.17) is 0 Å². The highest BCUT2D eigenvalue weighted by Crippen LogP contribution is 2.21.